The van der Waals surface area contributed by atoms with Gasteiger partial charge in [-0.05, 0) is 119 Å². The molecule has 65 heavy (non-hydrogen) atoms. The molecule has 0 unspecified atom stereocenters. The van der Waals surface area contributed by atoms with Crippen LogP contribution in [0.15, 0.2) is 70.5 Å². The summed E-state index contributed by atoms with van der Waals surface area (Å²) < 4.78 is 68.8. The number of rotatable bonds is 34. The van der Waals surface area contributed by atoms with Gasteiger partial charge >= 0.3 is 27.3 Å². The fourth-order valence-corrected chi connectivity index (χ4v) is 10.1. The second kappa shape index (κ2) is 34.4. The summed E-state index contributed by atoms with van der Waals surface area (Å²) in [6.45, 7) is 9.00. The van der Waals surface area contributed by atoms with Gasteiger partial charge in [0.05, 0.1) is 9.79 Å². The molecule has 0 amide bonds. The van der Waals surface area contributed by atoms with Crippen LogP contribution in [-0.4, -0.2) is 53.2 Å². The fourth-order valence-electron chi connectivity index (χ4n) is 9.07. The van der Waals surface area contributed by atoms with E-state index in [1.807, 2.05) is 0 Å². The largest absolute Gasteiger partial charge is 2.00 e. The molecule has 9 heteroatoms. The molecule has 4 aromatic carbocycles. The van der Waals surface area contributed by atoms with Crippen LogP contribution in [0.2, 0.25) is 0 Å². The van der Waals surface area contributed by atoms with Crippen molar-refractivity contribution < 1.29 is 25.9 Å². The van der Waals surface area contributed by atoms with Crippen molar-refractivity contribution in [2.24, 2.45) is 0 Å². The van der Waals surface area contributed by atoms with Crippen LogP contribution >= 0.6 is 0 Å². The maximum absolute atomic E-state index is 11.5. The Bertz CT molecular complexity index is 1960. The molecule has 0 heterocycles. The first-order valence-electron chi connectivity index (χ1n) is 25.9. The average Bonchev–Trinajstić information content (AvgIpc) is 3.27. The zero-order valence-electron chi connectivity index (χ0n) is 41.2. The Balaban J connectivity index is 0.000000440. The molecule has 4 rings (SSSR count). The van der Waals surface area contributed by atoms with E-state index in [1.165, 1.54) is 214 Å². The standard InChI is InChI=1S/2C28H44O3S.Pb/c2*1-3-5-7-9-11-13-15-17-24-21-26-19-20-28(32(29,30)31)23-27(26)22-25(24)18-16-14-12-10-8-6-4-2;/h2*19-23H,3-18H2,1-2H3,(H,29,30,31);/q;;+2/p-2. The predicted molar refractivity (Wildman–Crippen MR) is 276 cm³/mol. The van der Waals surface area contributed by atoms with Gasteiger partial charge in [-0.15, -0.1) is 0 Å². The predicted octanol–water partition coefficient (Wildman–Crippen LogP) is 16.3. The molecule has 362 valence electrons. The van der Waals surface area contributed by atoms with Gasteiger partial charge < -0.3 is 9.11 Å². The third-order valence-corrected chi connectivity index (χ3v) is 14.7. The molecule has 0 N–H and O–H groups in total. The minimum Gasteiger partial charge on any atom is -0.744 e. The monoisotopic (exact) mass is 1130 g/mol. The van der Waals surface area contributed by atoms with Crippen LogP contribution in [0.4, 0.5) is 0 Å². The van der Waals surface area contributed by atoms with Crippen molar-refractivity contribution >= 4 is 69.1 Å². The number of aryl methyl sites for hydroxylation is 4. The molecular formula is C56H86O6PbS2. The molecule has 0 aliphatic heterocycles. The van der Waals surface area contributed by atoms with E-state index in [-0.39, 0.29) is 37.1 Å². The fraction of sp³-hybridized carbons (Fsp3) is 0.643. The van der Waals surface area contributed by atoms with Gasteiger partial charge in [0, 0.05) is 0 Å². The van der Waals surface area contributed by atoms with Crippen molar-refractivity contribution in [2.75, 3.05) is 0 Å². The summed E-state index contributed by atoms with van der Waals surface area (Å²) in [6.07, 6.45) is 40.4. The van der Waals surface area contributed by atoms with E-state index in [2.05, 4.69) is 52.0 Å². The van der Waals surface area contributed by atoms with Gasteiger partial charge in [-0.2, -0.15) is 0 Å². The molecule has 0 fully saturated rings. The van der Waals surface area contributed by atoms with Crippen molar-refractivity contribution in [3.63, 3.8) is 0 Å². The van der Waals surface area contributed by atoms with E-state index in [9.17, 15) is 25.9 Å². The minimum atomic E-state index is -4.43. The number of hydrogen-bond donors (Lipinski definition) is 0. The smallest absolute Gasteiger partial charge is 0.744 e. The van der Waals surface area contributed by atoms with Crippen LogP contribution in [0.5, 0.6) is 0 Å². The Labute approximate surface area is 418 Å². The molecule has 0 aromatic heterocycles. The molecule has 0 aliphatic rings. The van der Waals surface area contributed by atoms with E-state index >= 15 is 0 Å². The van der Waals surface area contributed by atoms with Crippen molar-refractivity contribution in [1.29, 1.82) is 0 Å². The van der Waals surface area contributed by atoms with E-state index in [1.54, 1.807) is 24.3 Å². The third-order valence-electron chi connectivity index (χ3n) is 13.0. The topological polar surface area (TPSA) is 114 Å². The van der Waals surface area contributed by atoms with Crippen molar-refractivity contribution in [1.82, 2.24) is 0 Å². The quantitative estimate of drug-likeness (QED) is 0.0261. The first kappa shape index (κ1) is 59.3. The summed E-state index contributed by atoms with van der Waals surface area (Å²) in [4.78, 5) is -0.265. The maximum Gasteiger partial charge on any atom is 2.00 e. The van der Waals surface area contributed by atoms with Gasteiger partial charge in [-0.1, -0.05) is 218 Å². The summed E-state index contributed by atoms with van der Waals surface area (Å²) in [5, 5.41) is 3.78. The molecule has 2 radical (unpaired) electrons. The molecule has 0 aliphatic carbocycles. The Kier molecular flexibility index (Phi) is 31.4. The molecule has 0 spiro atoms. The van der Waals surface area contributed by atoms with Gasteiger partial charge in [0.1, 0.15) is 20.2 Å². The molecule has 6 nitrogen and oxygen atoms in total. The van der Waals surface area contributed by atoms with Gasteiger partial charge in [0.15, 0.2) is 0 Å². The summed E-state index contributed by atoms with van der Waals surface area (Å²) >= 11 is 0. The number of hydrogen-bond acceptors (Lipinski definition) is 6. The SMILES string of the molecule is CCCCCCCCCc1cc2ccc(S(=O)(=O)[O-])cc2cc1CCCCCCCCC.CCCCCCCCCc1cc2ccc(S(=O)(=O)[O-])cc2cc1CCCCCCCCC.[Pb+2]. The van der Waals surface area contributed by atoms with Crippen LogP contribution in [0.25, 0.3) is 21.5 Å². The van der Waals surface area contributed by atoms with Crippen molar-refractivity contribution in [3.05, 3.63) is 82.9 Å². The Morgan fingerprint density at radius 2 is 0.523 bits per heavy atom. The summed E-state index contributed by atoms with van der Waals surface area (Å²) in [7, 11) is -8.85. The summed E-state index contributed by atoms with van der Waals surface area (Å²) in [5.41, 5.74) is 5.46. The van der Waals surface area contributed by atoms with E-state index < -0.39 is 20.2 Å². The zero-order chi connectivity index (χ0) is 46.5. The number of unbranched alkanes of at least 4 members (excludes halogenated alkanes) is 24. The third kappa shape index (κ3) is 24.3. The van der Waals surface area contributed by atoms with Crippen LogP contribution in [0, 0.1) is 0 Å². The van der Waals surface area contributed by atoms with Gasteiger partial charge in [0.25, 0.3) is 0 Å². The first-order valence-corrected chi connectivity index (χ1v) is 28.8. The van der Waals surface area contributed by atoms with Crippen molar-refractivity contribution in [3.8, 4) is 0 Å². The summed E-state index contributed by atoms with van der Waals surface area (Å²) in [6, 6.07) is 18.3. The second-order valence-electron chi connectivity index (χ2n) is 18.7. The Morgan fingerprint density at radius 1 is 0.308 bits per heavy atom. The normalized spacial score (nSPS) is 11.8. The zero-order valence-corrected chi connectivity index (χ0v) is 46.7. The van der Waals surface area contributed by atoms with E-state index in [0.717, 1.165) is 47.2 Å². The summed E-state index contributed by atoms with van der Waals surface area (Å²) in [5.74, 6) is 0. The van der Waals surface area contributed by atoms with Crippen LogP contribution in [0.1, 0.15) is 230 Å². The van der Waals surface area contributed by atoms with E-state index in [4.69, 9.17) is 0 Å². The van der Waals surface area contributed by atoms with Gasteiger partial charge in [0.2, 0.25) is 0 Å². The van der Waals surface area contributed by atoms with Crippen LogP contribution in [0.3, 0.4) is 0 Å². The molecule has 0 bridgehead atoms. The van der Waals surface area contributed by atoms with Gasteiger partial charge in [-0.25, -0.2) is 16.8 Å². The maximum atomic E-state index is 11.5. The molecule has 4 aromatic rings. The Morgan fingerprint density at radius 3 is 0.754 bits per heavy atom. The molecule has 0 saturated carbocycles. The minimum absolute atomic E-state index is 0. The van der Waals surface area contributed by atoms with Crippen LogP contribution in [-0.2, 0) is 45.9 Å². The number of benzene rings is 4. The van der Waals surface area contributed by atoms with Crippen molar-refractivity contribution in [2.45, 2.75) is 243 Å². The Hall–Kier alpha value is -1.86. The van der Waals surface area contributed by atoms with E-state index in [0.29, 0.717) is 0 Å². The number of fused-ring (bicyclic) bond motifs is 2. The first-order chi connectivity index (χ1) is 30.9. The molecular weight excluding hydrogens is 1040 g/mol. The average molecular weight is 1130 g/mol. The van der Waals surface area contributed by atoms with Gasteiger partial charge in [-0.3, -0.25) is 0 Å². The molecule has 0 saturated heterocycles. The second-order valence-corrected chi connectivity index (χ2v) is 21.4. The molecule has 0 atom stereocenters. The van der Waals surface area contributed by atoms with Crippen LogP contribution < -0.4 is 0 Å².